The van der Waals surface area contributed by atoms with Crippen LogP contribution in [0, 0.1) is 0 Å². The van der Waals surface area contributed by atoms with Crippen molar-refractivity contribution in [2.45, 2.75) is 18.9 Å². The maximum atomic E-state index is 11.3. The molecule has 1 aromatic rings. The Labute approximate surface area is 116 Å². The van der Waals surface area contributed by atoms with Crippen LogP contribution in [0.4, 0.5) is 5.69 Å². The van der Waals surface area contributed by atoms with Gasteiger partial charge in [0.25, 0.3) is 0 Å². The van der Waals surface area contributed by atoms with Crippen molar-refractivity contribution in [3.05, 3.63) is 28.8 Å². The first kappa shape index (κ1) is 14.1. The third-order valence-electron chi connectivity index (χ3n) is 3.13. The minimum absolute atomic E-state index is 0.0252. The lowest BCUT2D eigenvalue weighted by atomic mass is 10.1. The van der Waals surface area contributed by atoms with E-state index < -0.39 is 15.8 Å². The summed E-state index contributed by atoms with van der Waals surface area (Å²) in [7, 11) is -2.92. The van der Waals surface area contributed by atoms with Gasteiger partial charge in [-0.15, -0.1) is 0 Å². The maximum Gasteiger partial charge on any atom is 0.337 e. The maximum absolute atomic E-state index is 11.3. The Morgan fingerprint density at radius 3 is 2.53 bits per heavy atom. The lowest BCUT2D eigenvalue weighted by Gasteiger charge is -2.24. The van der Waals surface area contributed by atoms with Gasteiger partial charge in [0.15, 0.2) is 0 Å². The number of hydrogen-bond acceptors (Lipinski definition) is 4. The van der Waals surface area contributed by atoms with E-state index >= 15 is 0 Å². The predicted octanol–water partition coefficient (Wildman–Crippen LogP) is 2.03. The molecule has 0 unspecified atom stereocenters. The van der Waals surface area contributed by atoms with E-state index in [1.807, 2.05) is 0 Å². The smallest absolute Gasteiger partial charge is 0.337 e. The van der Waals surface area contributed by atoms with Crippen LogP contribution in [0.5, 0.6) is 0 Å². The first-order valence-corrected chi connectivity index (χ1v) is 8.07. The molecule has 1 fully saturated rings. The highest BCUT2D eigenvalue weighted by Crippen LogP contribution is 2.24. The van der Waals surface area contributed by atoms with Crippen LogP contribution >= 0.6 is 11.6 Å². The number of benzene rings is 1. The molecule has 2 N–H and O–H groups in total. The van der Waals surface area contributed by atoms with Crippen LogP contribution in [-0.2, 0) is 9.84 Å². The zero-order chi connectivity index (χ0) is 14.0. The Kier molecular flexibility index (Phi) is 4.01. The van der Waals surface area contributed by atoms with Gasteiger partial charge in [-0.05, 0) is 31.0 Å². The molecule has 1 saturated heterocycles. The number of hydrogen-bond donors (Lipinski definition) is 2. The number of anilines is 1. The first-order valence-electron chi connectivity index (χ1n) is 5.87. The van der Waals surface area contributed by atoms with Crippen LogP contribution < -0.4 is 5.32 Å². The molecular formula is C12H14ClNO4S. The fraction of sp³-hybridized carbons (Fsp3) is 0.417. The highest BCUT2D eigenvalue weighted by molar-refractivity contribution is 7.91. The molecule has 0 aliphatic carbocycles. The number of carboxylic acids is 1. The molecule has 0 radical (unpaired) electrons. The molecule has 0 saturated carbocycles. The molecule has 1 aromatic carbocycles. The predicted molar refractivity (Wildman–Crippen MR) is 73.7 cm³/mol. The average Bonchev–Trinajstić information content (AvgIpc) is 2.33. The molecule has 1 heterocycles. The quantitative estimate of drug-likeness (QED) is 0.892. The Balaban J connectivity index is 2.14. The summed E-state index contributed by atoms with van der Waals surface area (Å²) in [6, 6.07) is 4.57. The molecule has 104 valence electrons. The van der Waals surface area contributed by atoms with Gasteiger partial charge in [0.1, 0.15) is 9.84 Å². The molecule has 1 aliphatic rings. The second-order valence-electron chi connectivity index (χ2n) is 4.57. The van der Waals surface area contributed by atoms with E-state index in [0.29, 0.717) is 23.6 Å². The van der Waals surface area contributed by atoms with Gasteiger partial charge < -0.3 is 10.4 Å². The van der Waals surface area contributed by atoms with E-state index in [0.717, 1.165) is 0 Å². The van der Waals surface area contributed by atoms with Crippen molar-refractivity contribution < 1.29 is 18.3 Å². The Bertz CT molecular complexity index is 586. The van der Waals surface area contributed by atoms with Crippen molar-refractivity contribution in [1.82, 2.24) is 0 Å². The Morgan fingerprint density at radius 2 is 1.95 bits per heavy atom. The van der Waals surface area contributed by atoms with Gasteiger partial charge in [0.2, 0.25) is 0 Å². The SMILES string of the molecule is O=C(O)c1cc(Cl)ccc1NC1CCS(=O)(=O)CC1. The number of nitrogens with one attached hydrogen (secondary N) is 1. The molecule has 7 heteroatoms. The Morgan fingerprint density at radius 1 is 1.32 bits per heavy atom. The van der Waals surface area contributed by atoms with E-state index in [4.69, 9.17) is 16.7 Å². The van der Waals surface area contributed by atoms with E-state index in [2.05, 4.69) is 5.32 Å². The van der Waals surface area contributed by atoms with Crippen LogP contribution in [-0.4, -0.2) is 37.0 Å². The number of carboxylic acid groups (broad SMARTS) is 1. The van der Waals surface area contributed by atoms with E-state index in [-0.39, 0.29) is 23.1 Å². The molecule has 0 aromatic heterocycles. The minimum Gasteiger partial charge on any atom is -0.478 e. The van der Waals surface area contributed by atoms with E-state index in [1.54, 1.807) is 12.1 Å². The largest absolute Gasteiger partial charge is 0.478 e. The molecule has 2 rings (SSSR count). The van der Waals surface area contributed by atoms with Gasteiger partial charge in [-0.1, -0.05) is 11.6 Å². The normalized spacial score (nSPS) is 19.0. The topological polar surface area (TPSA) is 83.5 Å². The van der Waals surface area contributed by atoms with E-state index in [9.17, 15) is 13.2 Å². The summed E-state index contributed by atoms with van der Waals surface area (Å²) in [5.74, 6) is -0.783. The lowest BCUT2D eigenvalue weighted by molar-refractivity contribution is 0.0698. The van der Waals surface area contributed by atoms with Gasteiger partial charge in [0.05, 0.1) is 17.1 Å². The first-order chi connectivity index (χ1) is 8.87. The highest BCUT2D eigenvalue weighted by Gasteiger charge is 2.24. The van der Waals surface area contributed by atoms with Crippen LogP contribution in [0.1, 0.15) is 23.2 Å². The molecule has 5 nitrogen and oxygen atoms in total. The fourth-order valence-electron chi connectivity index (χ4n) is 2.07. The number of halogens is 1. The summed E-state index contributed by atoms with van der Waals surface area (Å²) in [5, 5.41) is 12.6. The Hall–Kier alpha value is -1.27. The zero-order valence-corrected chi connectivity index (χ0v) is 11.7. The van der Waals surface area contributed by atoms with Crippen molar-refractivity contribution in [2.75, 3.05) is 16.8 Å². The van der Waals surface area contributed by atoms with Crippen LogP contribution in [0.25, 0.3) is 0 Å². The van der Waals surface area contributed by atoms with Gasteiger partial charge in [0, 0.05) is 16.8 Å². The number of sulfone groups is 1. The van der Waals surface area contributed by atoms with Gasteiger partial charge in [-0.2, -0.15) is 0 Å². The van der Waals surface area contributed by atoms with Crippen LogP contribution in [0.3, 0.4) is 0 Å². The molecule has 0 bridgehead atoms. The summed E-state index contributed by atoms with van der Waals surface area (Å²) in [6.45, 7) is 0. The molecule has 19 heavy (non-hydrogen) atoms. The van der Waals surface area contributed by atoms with Crippen molar-refractivity contribution >= 4 is 33.1 Å². The second-order valence-corrected chi connectivity index (χ2v) is 7.31. The average molecular weight is 304 g/mol. The van der Waals surface area contributed by atoms with Gasteiger partial charge in [-0.3, -0.25) is 0 Å². The fourth-order valence-corrected chi connectivity index (χ4v) is 3.74. The second kappa shape index (κ2) is 5.38. The van der Waals surface area contributed by atoms with E-state index in [1.165, 1.54) is 6.07 Å². The lowest BCUT2D eigenvalue weighted by Crippen LogP contribution is -2.32. The molecule has 0 amide bonds. The summed E-state index contributed by atoms with van der Waals surface area (Å²) in [5.41, 5.74) is 0.571. The third kappa shape index (κ3) is 3.61. The molecule has 1 aliphatic heterocycles. The minimum atomic E-state index is -2.92. The van der Waals surface area contributed by atoms with Gasteiger partial charge >= 0.3 is 5.97 Å². The number of rotatable bonds is 3. The molecule has 0 spiro atoms. The van der Waals surface area contributed by atoms with Crippen molar-refractivity contribution in [3.63, 3.8) is 0 Å². The van der Waals surface area contributed by atoms with Gasteiger partial charge in [-0.25, -0.2) is 13.2 Å². The zero-order valence-electron chi connectivity index (χ0n) is 10.1. The van der Waals surface area contributed by atoms with Crippen molar-refractivity contribution in [3.8, 4) is 0 Å². The van der Waals surface area contributed by atoms with Crippen molar-refractivity contribution in [2.24, 2.45) is 0 Å². The summed E-state index contributed by atoms with van der Waals surface area (Å²) < 4.78 is 22.7. The number of aromatic carboxylic acids is 1. The van der Waals surface area contributed by atoms with Crippen molar-refractivity contribution in [1.29, 1.82) is 0 Å². The summed E-state index contributed by atoms with van der Waals surface area (Å²) in [6.07, 6.45) is 0.980. The highest BCUT2D eigenvalue weighted by atomic mass is 35.5. The number of carbonyl (C=O) groups is 1. The summed E-state index contributed by atoms with van der Waals surface area (Å²) >= 11 is 5.77. The third-order valence-corrected chi connectivity index (χ3v) is 5.08. The molecular weight excluding hydrogens is 290 g/mol. The molecule has 0 atom stereocenters. The van der Waals surface area contributed by atoms with Crippen LogP contribution in [0.15, 0.2) is 18.2 Å². The monoisotopic (exact) mass is 303 g/mol. The standard InChI is InChI=1S/C12H14ClNO4S/c13-8-1-2-11(10(7-8)12(15)16)14-9-3-5-19(17,18)6-4-9/h1-2,7,9,14H,3-6H2,(H,15,16). The summed E-state index contributed by atoms with van der Waals surface area (Å²) in [4.78, 5) is 11.1. The van der Waals surface area contributed by atoms with Crippen LogP contribution in [0.2, 0.25) is 5.02 Å².